The van der Waals surface area contributed by atoms with E-state index in [1.165, 1.54) is 154 Å². The molecule has 5 nitrogen and oxygen atoms in total. The molecule has 0 aliphatic rings. The van der Waals surface area contributed by atoms with Crippen LogP contribution in [0.5, 0.6) is 0 Å². The number of carbonyl (C=O) groups is 2. The summed E-state index contributed by atoms with van der Waals surface area (Å²) < 4.78 is 0. The van der Waals surface area contributed by atoms with Crippen molar-refractivity contribution in [1.29, 1.82) is 0 Å². The van der Waals surface area contributed by atoms with Crippen LogP contribution in [0, 0.1) is 11.8 Å². The Morgan fingerprint density at radius 2 is 0.795 bits per heavy atom. The van der Waals surface area contributed by atoms with Crippen LogP contribution in [0.1, 0.15) is 203 Å². The van der Waals surface area contributed by atoms with Gasteiger partial charge in [0.2, 0.25) is 0 Å². The first-order valence-electron chi connectivity index (χ1n) is 19.1. The maximum absolute atomic E-state index is 13.1. The summed E-state index contributed by atoms with van der Waals surface area (Å²) in [5.74, 6) is 0.680. The molecule has 0 fully saturated rings. The lowest BCUT2D eigenvalue weighted by Crippen LogP contribution is -2.32. The lowest BCUT2D eigenvalue weighted by atomic mass is 9.94. The van der Waals surface area contributed by atoms with Gasteiger partial charge in [-0.2, -0.15) is 0 Å². The Kier molecular flexibility index (Phi) is 26.0. The van der Waals surface area contributed by atoms with Gasteiger partial charge < -0.3 is 10.6 Å². The standard InChI is InChI=1S/C39H71N3O2/c1-5-9-13-17-19-23-28-34(26-21-15-11-7-3)32-40-38(43)36-30-25-31-37(42-36)39(44)41-33-35(27-22-16-12-8-4)29-24-20-18-14-10-6-2/h25,30-31,34-35H,5-24,26-29,32-33H2,1-4H3,(H,40,43)(H,41,44). The molecule has 2 atom stereocenters. The van der Waals surface area contributed by atoms with Crippen LogP contribution in [0.3, 0.4) is 0 Å². The fourth-order valence-electron chi connectivity index (χ4n) is 6.19. The molecular weight excluding hydrogens is 542 g/mol. The molecule has 2 unspecified atom stereocenters. The third kappa shape index (κ3) is 20.9. The normalized spacial score (nSPS) is 12.6. The number of hydrogen-bond donors (Lipinski definition) is 2. The first kappa shape index (κ1) is 40.1. The number of amides is 2. The summed E-state index contributed by atoms with van der Waals surface area (Å²) in [5, 5.41) is 6.32. The quantitative estimate of drug-likeness (QED) is 0.0848. The van der Waals surface area contributed by atoms with Crippen molar-refractivity contribution in [3.05, 3.63) is 29.6 Å². The summed E-state index contributed by atoms with van der Waals surface area (Å²) in [6.45, 7) is 10.4. The highest BCUT2D eigenvalue weighted by Crippen LogP contribution is 2.20. The van der Waals surface area contributed by atoms with Gasteiger partial charge in [0.05, 0.1) is 0 Å². The minimum Gasteiger partial charge on any atom is -0.350 e. The van der Waals surface area contributed by atoms with E-state index in [1.807, 2.05) is 0 Å². The fraction of sp³-hybridized carbons (Fsp3) is 0.821. The highest BCUT2D eigenvalue weighted by molar-refractivity contribution is 5.96. The van der Waals surface area contributed by atoms with E-state index in [0.29, 0.717) is 36.3 Å². The summed E-state index contributed by atoms with van der Waals surface area (Å²) >= 11 is 0. The predicted octanol–water partition coefficient (Wildman–Crippen LogP) is 11.2. The van der Waals surface area contributed by atoms with E-state index in [-0.39, 0.29) is 11.8 Å². The van der Waals surface area contributed by atoms with E-state index >= 15 is 0 Å². The van der Waals surface area contributed by atoms with E-state index < -0.39 is 0 Å². The average molecular weight is 614 g/mol. The van der Waals surface area contributed by atoms with Gasteiger partial charge in [0.25, 0.3) is 11.8 Å². The number of carbonyl (C=O) groups excluding carboxylic acids is 2. The van der Waals surface area contributed by atoms with E-state index in [4.69, 9.17) is 0 Å². The molecule has 0 aliphatic carbocycles. The van der Waals surface area contributed by atoms with Crippen molar-refractivity contribution in [1.82, 2.24) is 15.6 Å². The van der Waals surface area contributed by atoms with Crippen LogP contribution in [-0.4, -0.2) is 29.9 Å². The van der Waals surface area contributed by atoms with Gasteiger partial charge in [-0.05, 0) is 49.7 Å². The van der Waals surface area contributed by atoms with E-state index in [0.717, 1.165) is 0 Å². The van der Waals surface area contributed by atoms with Gasteiger partial charge >= 0.3 is 0 Å². The summed E-state index contributed by atoms with van der Waals surface area (Å²) in [4.78, 5) is 30.7. The van der Waals surface area contributed by atoms with Crippen LogP contribution in [0.15, 0.2) is 18.2 Å². The molecule has 254 valence electrons. The zero-order chi connectivity index (χ0) is 32.1. The Morgan fingerprint density at radius 1 is 0.500 bits per heavy atom. The van der Waals surface area contributed by atoms with E-state index in [9.17, 15) is 9.59 Å². The van der Waals surface area contributed by atoms with Gasteiger partial charge in [-0.25, -0.2) is 4.98 Å². The third-order valence-electron chi connectivity index (χ3n) is 9.18. The summed E-state index contributed by atoms with van der Waals surface area (Å²) in [5.41, 5.74) is 0.676. The van der Waals surface area contributed by atoms with Crippen LogP contribution >= 0.6 is 0 Å². The summed E-state index contributed by atoms with van der Waals surface area (Å²) in [6, 6.07) is 5.24. The monoisotopic (exact) mass is 614 g/mol. The smallest absolute Gasteiger partial charge is 0.269 e. The number of nitrogens with zero attached hydrogens (tertiary/aromatic N) is 1. The molecule has 0 saturated heterocycles. The Labute approximate surface area is 272 Å². The number of hydrogen-bond acceptors (Lipinski definition) is 3. The first-order chi connectivity index (χ1) is 21.5. The second kappa shape index (κ2) is 28.6. The molecule has 1 aromatic rings. The molecule has 0 bridgehead atoms. The molecule has 2 N–H and O–H groups in total. The minimum atomic E-state index is -0.168. The molecule has 0 aromatic carbocycles. The maximum Gasteiger partial charge on any atom is 0.269 e. The molecule has 44 heavy (non-hydrogen) atoms. The van der Waals surface area contributed by atoms with Crippen molar-refractivity contribution in [2.45, 2.75) is 182 Å². The molecule has 2 amide bonds. The number of pyridine rings is 1. The Hall–Kier alpha value is -1.91. The highest BCUT2D eigenvalue weighted by Gasteiger charge is 2.16. The molecular formula is C39H71N3O2. The molecule has 0 saturated carbocycles. The van der Waals surface area contributed by atoms with Gasteiger partial charge in [-0.3, -0.25) is 9.59 Å². The first-order valence-corrected chi connectivity index (χ1v) is 19.1. The van der Waals surface area contributed by atoms with Crippen LogP contribution in [0.25, 0.3) is 0 Å². The molecule has 1 aromatic heterocycles. The van der Waals surface area contributed by atoms with Crippen LogP contribution in [-0.2, 0) is 0 Å². The van der Waals surface area contributed by atoms with E-state index in [2.05, 4.69) is 43.3 Å². The van der Waals surface area contributed by atoms with Crippen LogP contribution < -0.4 is 10.6 Å². The van der Waals surface area contributed by atoms with Crippen molar-refractivity contribution < 1.29 is 9.59 Å². The topological polar surface area (TPSA) is 71.1 Å². The fourth-order valence-corrected chi connectivity index (χ4v) is 6.19. The Morgan fingerprint density at radius 3 is 1.14 bits per heavy atom. The van der Waals surface area contributed by atoms with Gasteiger partial charge in [0.15, 0.2) is 0 Å². The molecule has 0 aliphatic heterocycles. The Balaban J connectivity index is 2.63. The van der Waals surface area contributed by atoms with Gasteiger partial charge in [0.1, 0.15) is 11.4 Å². The summed E-state index contributed by atoms with van der Waals surface area (Å²) in [6.07, 6.45) is 30.3. The van der Waals surface area contributed by atoms with Crippen molar-refractivity contribution in [2.75, 3.05) is 13.1 Å². The Bertz CT molecular complexity index is 764. The molecule has 5 heteroatoms. The number of nitrogens with one attached hydrogen (secondary N) is 2. The van der Waals surface area contributed by atoms with Gasteiger partial charge in [-0.1, -0.05) is 162 Å². The SMILES string of the molecule is CCCCCCCCC(CCCCCC)CNC(=O)c1cccc(C(=O)NCC(CCCCCC)CCCCCCCC)n1. The zero-order valence-electron chi connectivity index (χ0n) is 29.5. The van der Waals surface area contributed by atoms with Crippen LogP contribution in [0.2, 0.25) is 0 Å². The lowest BCUT2D eigenvalue weighted by molar-refractivity contribution is 0.0935. The van der Waals surface area contributed by atoms with Crippen molar-refractivity contribution in [2.24, 2.45) is 11.8 Å². The lowest BCUT2D eigenvalue weighted by Gasteiger charge is -2.18. The predicted molar refractivity (Wildman–Crippen MR) is 189 cm³/mol. The molecule has 1 rings (SSSR count). The van der Waals surface area contributed by atoms with Crippen molar-refractivity contribution in [3.63, 3.8) is 0 Å². The second-order valence-corrected chi connectivity index (χ2v) is 13.4. The molecule has 0 radical (unpaired) electrons. The number of rotatable bonds is 30. The van der Waals surface area contributed by atoms with Crippen molar-refractivity contribution >= 4 is 11.8 Å². The van der Waals surface area contributed by atoms with Crippen molar-refractivity contribution in [3.8, 4) is 0 Å². The minimum absolute atomic E-state index is 0.168. The molecule has 1 heterocycles. The third-order valence-corrected chi connectivity index (χ3v) is 9.18. The number of unbranched alkanes of at least 4 members (excludes halogenated alkanes) is 16. The zero-order valence-corrected chi connectivity index (χ0v) is 29.5. The maximum atomic E-state index is 13.1. The van der Waals surface area contributed by atoms with E-state index in [1.54, 1.807) is 18.2 Å². The summed E-state index contributed by atoms with van der Waals surface area (Å²) in [7, 11) is 0. The van der Waals surface area contributed by atoms with Gasteiger partial charge in [0, 0.05) is 13.1 Å². The average Bonchev–Trinajstić information content (AvgIpc) is 3.04. The largest absolute Gasteiger partial charge is 0.350 e. The van der Waals surface area contributed by atoms with Crippen LogP contribution in [0.4, 0.5) is 0 Å². The highest BCUT2D eigenvalue weighted by atomic mass is 16.2. The van der Waals surface area contributed by atoms with Gasteiger partial charge in [-0.15, -0.1) is 0 Å². The molecule has 0 spiro atoms. The second-order valence-electron chi connectivity index (χ2n) is 13.4. The number of aromatic nitrogens is 1.